The van der Waals surface area contributed by atoms with Gasteiger partial charge in [0, 0.05) is 24.7 Å². The summed E-state index contributed by atoms with van der Waals surface area (Å²) in [6.07, 6.45) is 8.93. The van der Waals surface area contributed by atoms with Gasteiger partial charge in [-0.05, 0) is 58.9 Å². The second-order valence-corrected chi connectivity index (χ2v) is 6.60. The van der Waals surface area contributed by atoms with Gasteiger partial charge < -0.3 is 10.1 Å². The lowest BCUT2D eigenvalue weighted by Gasteiger charge is -2.40. The van der Waals surface area contributed by atoms with E-state index in [0.717, 1.165) is 18.1 Å². The molecule has 2 aliphatic heterocycles. The van der Waals surface area contributed by atoms with Crippen molar-refractivity contribution in [2.75, 3.05) is 13.1 Å². The monoisotopic (exact) mass is 252 g/mol. The van der Waals surface area contributed by atoms with Crippen molar-refractivity contribution >= 4 is 0 Å². The Kier molecular flexibility index (Phi) is 3.92. The first-order valence-corrected chi connectivity index (χ1v) is 7.87. The summed E-state index contributed by atoms with van der Waals surface area (Å²) in [5.41, 5.74) is 0. The zero-order valence-electron chi connectivity index (χ0n) is 11.9. The predicted molar refractivity (Wildman–Crippen MR) is 73.8 cm³/mol. The van der Waals surface area contributed by atoms with Crippen molar-refractivity contribution in [2.45, 2.75) is 82.7 Å². The van der Waals surface area contributed by atoms with E-state index in [9.17, 15) is 0 Å². The Morgan fingerprint density at radius 2 is 1.78 bits per heavy atom. The van der Waals surface area contributed by atoms with Gasteiger partial charge in [0.15, 0.2) is 0 Å². The molecule has 3 fully saturated rings. The second-order valence-electron chi connectivity index (χ2n) is 6.60. The second kappa shape index (κ2) is 5.48. The minimum atomic E-state index is 0.441. The number of rotatable bonds is 4. The molecule has 3 aliphatic rings. The van der Waals surface area contributed by atoms with Crippen LogP contribution in [0.5, 0.6) is 0 Å². The molecule has 0 aromatic rings. The van der Waals surface area contributed by atoms with Gasteiger partial charge in [0.25, 0.3) is 0 Å². The third-order valence-electron chi connectivity index (χ3n) is 4.75. The zero-order valence-corrected chi connectivity index (χ0v) is 11.9. The van der Waals surface area contributed by atoms with E-state index in [2.05, 4.69) is 24.1 Å². The average Bonchev–Trinajstić information content (AvgIpc) is 3.02. The summed E-state index contributed by atoms with van der Waals surface area (Å²) in [6.45, 7) is 6.97. The fraction of sp³-hybridized carbons (Fsp3) is 1.00. The van der Waals surface area contributed by atoms with Crippen LogP contribution >= 0.6 is 0 Å². The molecule has 0 aromatic carbocycles. The van der Waals surface area contributed by atoms with Crippen molar-refractivity contribution in [3.63, 3.8) is 0 Å². The van der Waals surface area contributed by atoms with Gasteiger partial charge >= 0.3 is 0 Å². The van der Waals surface area contributed by atoms with E-state index >= 15 is 0 Å². The highest BCUT2D eigenvalue weighted by molar-refractivity contribution is 4.94. The number of nitrogens with zero attached hydrogens (tertiary/aromatic N) is 1. The summed E-state index contributed by atoms with van der Waals surface area (Å²) < 4.78 is 5.89. The van der Waals surface area contributed by atoms with Crippen LogP contribution in [-0.4, -0.2) is 48.3 Å². The van der Waals surface area contributed by atoms with Crippen molar-refractivity contribution in [3.8, 4) is 0 Å². The highest BCUT2D eigenvalue weighted by atomic mass is 16.5. The van der Waals surface area contributed by atoms with Gasteiger partial charge in [-0.1, -0.05) is 0 Å². The maximum Gasteiger partial charge on any atom is 0.0565 e. The molecule has 1 N–H and O–H groups in total. The summed E-state index contributed by atoms with van der Waals surface area (Å²) >= 11 is 0. The molecule has 0 bridgehead atoms. The van der Waals surface area contributed by atoms with Crippen LogP contribution in [-0.2, 0) is 4.74 Å². The van der Waals surface area contributed by atoms with Crippen LogP contribution in [0.4, 0.5) is 0 Å². The lowest BCUT2D eigenvalue weighted by Crippen LogP contribution is -2.49. The van der Waals surface area contributed by atoms with Gasteiger partial charge in [-0.25, -0.2) is 0 Å². The fourth-order valence-corrected chi connectivity index (χ4v) is 3.81. The lowest BCUT2D eigenvalue weighted by atomic mass is 9.97. The van der Waals surface area contributed by atoms with Gasteiger partial charge in [-0.3, -0.25) is 4.90 Å². The number of hydrogen-bond donors (Lipinski definition) is 1. The molecule has 3 nitrogen and oxygen atoms in total. The molecule has 0 radical (unpaired) electrons. The molecule has 3 atom stereocenters. The highest BCUT2D eigenvalue weighted by Crippen LogP contribution is 2.34. The molecule has 3 rings (SSSR count). The normalized spacial score (nSPS) is 41.5. The quantitative estimate of drug-likeness (QED) is 0.830. The molecule has 1 saturated carbocycles. The maximum atomic E-state index is 5.89. The molecule has 1 aliphatic carbocycles. The van der Waals surface area contributed by atoms with Crippen molar-refractivity contribution < 1.29 is 4.74 Å². The van der Waals surface area contributed by atoms with Gasteiger partial charge in [-0.2, -0.15) is 0 Å². The molecular formula is C15H28N2O. The molecule has 0 spiro atoms. The van der Waals surface area contributed by atoms with E-state index in [-0.39, 0.29) is 0 Å². The summed E-state index contributed by atoms with van der Waals surface area (Å²) in [4.78, 5) is 2.82. The first-order valence-electron chi connectivity index (χ1n) is 7.87. The molecule has 104 valence electrons. The van der Waals surface area contributed by atoms with Crippen LogP contribution < -0.4 is 5.32 Å². The van der Waals surface area contributed by atoms with E-state index in [0.29, 0.717) is 12.2 Å². The Morgan fingerprint density at radius 1 is 1.06 bits per heavy atom. The third kappa shape index (κ3) is 3.06. The number of hydrogen-bond acceptors (Lipinski definition) is 3. The van der Waals surface area contributed by atoms with Crippen LogP contribution in [0.2, 0.25) is 0 Å². The molecule has 2 saturated heterocycles. The Labute approximate surface area is 111 Å². The van der Waals surface area contributed by atoms with Crippen LogP contribution in [0.1, 0.15) is 52.4 Å². The minimum absolute atomic E-state index is 0.441. The first-order chi connectivity index (χ1) is 8.72. The standard InChI is InChI=1S/C15H28N2O/c1-11-8-15(9-12(2)18-11)17(14-5-6-14)10-13-4-3-7-16-13/h11-16H,3-10H2,1-2H3. The number of ether oxygens (including phenoxy) is 1. The molecule has 2 heterocycles. The van der Waals surface area contributed by atoms with Crippen molar-refractivity contribution in [2.24, 2.45) is 0 Å². The van der Waals surface area contributed by atoms with Crippen LogP contribution in [0, 0.1) is 0 Å². The molecule has 18 heavy (non-hydrogen) atoms. The summed E-state index contributed by atoms with van der Waals surface area (Å²) in [5, 5.41) is 3.66. The van der Waals surface area contributed by atoms with E-state index in [1.54, 1.807) is 0 Å². The number of nitrogens with one attached hydrogen (secondary N) is 1. The summed E-state index contributed by atoms with van der Waals surface area (Å²) in [6, 6.07) is 2.40. The zero-order chi connectivity index (χ0) is 12.5. The summed E-state index contributed by atoms with van der Waals surface area (Å²) in [7, 11) is 0. The van der Waals surface area contributed by atoms with Crippen LogP contribution in [0.25, 0.3) is 0 Å². The van der Waals surface area contributed by atoms with Crippen molar-refractivity contribution in [1.82, 2.24) is 10.2 Å². The van der Waals surface area contributed by atoms with Crippen LogP contribution in [0.3, 0.4) is 0 Å². The molecular weight excluding hydrogens is 224 g/mol. The van der Waals surface area contributed by atoms with E-state index < -0.39 is 0 Å². The predicted octanol–water partition coefficient (Wildman–Crippen LogP) is 2.16. The van der Waals surface area contributed by atoms with Crippen molar-refractivity contribution in [3.05, 3.63) is 0 Å². The Bertz CT molecular complexity index is 264. The smallest absolute Gasteiger partial charge is 0.0565 e. The SMILES string of the molecule is CC1CC(N(CC2CCCN2)C2CC2)CC(C)O1. The largest absolute Gasteiger partial charge is 0.375 e. The van der Waals surface area contributed by atoms with E-state index in [1.165, 1.54) is 51.6 Å². The van der Waals surface area contributed by atoms with E-state index in [4.69, 9.17) is 4.74 Å². The molecule has 0 amide bonds. The average molecular weight is 252 g/mol. The van der Waals surface area contributed by atoms with Gasteiger partial charge in [0.1, 0.15) is 0 Å². The third-order valence-corrected chi connectivity index (χ3v) is 4.75. The minimum Gasteiger partial charge on any atom is -0.375 e. The molecule has 0 aromatic heterocycles. The topological polar surface area (TPSA) is 24.5 Å². The molecule has 3 heteroatoms. The maximum absolute atomic E-state index is 5.89. The van der Waals surface area contributed by atoms with E-state index in [1.807, 2.05) is 0 Å². The van der Waals surface area contributed by atoms with Crippen LogP contribution in [0.15, 0.2) is 0 Å². The van der Waals surface area contributed by atoms with Gasteiger partial charge in [-0.15, -0.1) is 0 Å². The van der Waals surface area contributed by atoms with Gasteiger partial charge in [0.05, 0.1) is 12.2 Å². The lowest BCUT2D eigenvalue weighted by molar-refractivity contribution is -0.0676. The first kappa shape index (κ1) is 12.9. The Hall–Kier alpha value is -0.120. The van der Waals surface area contributed by atoms with Crippen molar-refractivity contribution in [1.29, 1.82) is 0 Å². The van der Waals surface area contributed by atoms with Gasteiger partial charge in [0.2, 0.25) is 0 Å². The Balaban J connectivity index is 1.61. The fourth-order valence-electron chi connectivity index (χ4n) is 3.81. The highest BCUT2D eigenvalue weighted by Gasteiger charge is 2.38. The molecule has 3 unspecified atom stereocenters. The summed E-state index contributed by atoms with van der Waals surface area (Å²) in [5.74, 6) is 0. The Morgan fingerprint density at radius 3 is 2.33 bits per heavy atom.